The summed E-state index contributed by atoms with van der Waals surface area (Å²) in [5.41, 5.74) is 2.66. The van der Waals surface area contributed by atoms with Crippen molar-refractivity contribution in [3.63, 3.8) is 0 Å². The Morgan fingerprint density at radius 1 is 0.833 bits per heavy atom. The lowest BCUT2D eigenvalue weighted by Gasteiger charge is -2.15. The van der Waals surface area contributed by atoms with Gasteiger partial charge in [0.25, 0.3) is 11.8 Å². The van der Waals surface area contributed by atoms with E-state index in [1.54, 1.807) is 48.5 Å². The monoisotopic (exact) mass is 437 g/mol. The van der Waals surface area contributed by atoms with E-state index in [1.807, 2.05) is 37.3 Å². The summed E-state index contributed by atoms with van der Waals surface area (Å²) >= 11 is 11.0. The number of thiocarbonyl (C=S) groups is 1. The van der Waals surface area contributed by atoms with E-state index in [0.29, 0.717) is 21.8 Å². The number of anilines is 1. The molecule has 3 aromatic carbocycles. The van der Waals surface area contributed by atoms with Crippen LogP contribution >= 0.6 is 23.8 Å². The molecule has 3 N–H and O–H groups in total. The van der Waals surface area contributed by atoms with Crippen LogP contribution in [0.5, 0.6) is 0 Å². The van der Waals surface area contributed by atoms with Gasteiger partial charge in [0.15, 0.2) is 5.11 Å². The second kappa shape index (κ2) is 10.0. The maximum Gasteiger partial charge on any atom is 0.257 e. The Hall–Kier alpha value is -3.22. The van der Waals surface area contributed by atoms with Crippen molar-refractivity contribution >= 4 is 46.4 Å². The molecule has 0 aliphatic carbocycles. The third-order valence-electron chi connectivity index (χ3n) is 4.39. The van der Waals surface area contributed by atoms with Gasteiger partial charge in [-0.15, -0.1) is 0 Å². The Bertz CT molecular complexity index is 1040. The number of nitrogens with one attached hydrogen (secondary N) is 3. The molecule has 3 rings (SSSR count). The highest BCUT2D eigenvalue weighted by atomic mass is 35.5. The average molecular weight is 438 g/mol. The normalized spacial score (nSPS) is 11.3. The molecule has 0 spiro atoms. The number of rotatable bonds is 5. The molecule has 1 atom stereocenters. The topological polar surface area (TPSA) is 70.2 Å². The lowest BCUT2D eigenvalue weighted by molar-refractivity contribution is 0.0938. The fourth-order valence-corrected chi connectivity index (χ4v) is 3.09. The Balaban J connectivity index is 1.54. The van der Waals surface area contributed by atoms with E-state index in [2.05, 4.69) is 16.0 Å². The molecule has 0 radical (unpaired) electrons. The zero-order valence-electron chi connectivity index (χ0n) is 16.2. The van der Waals surface area contributed by atoms with Crippen molar-refractivity contribution in [1.29, 1.82) is 0 Å². The lowest BCUT2D eigenvalue weighted by atomic mass is 10.1. The van der Waals surface area contributed by atoms with Gasteiger partial charge in [-0.05, 0) is 73.2 Å². The molecule has 0 aliphatic heterocycles. The van der Waals surface area contributed by atoms with E-state index in [1.165, 1.54) is 0 Å². The standard InChI is InChI=1S/C23H20ClN3O2S/c1-15(16-5-3-2-4-6-16)25-21(28)18-9-13-20(14-10-18)26-23(30)27-22(29)17-7-11-19(24)12-8-17/h2-15H,1H3,(H,25,28)(H2,26,27,29,30). The second-order valence-electron chi connectivity index (χ2n) is 6.60. The zero-order valence-corrected chi connectivity index (χ0v) is 17.8. The van der Waals surface area contributed by atoms with Crippen LogP contribution in [0, 0.1) is 0 Å². The molecule has 152 valence electrons. The van der Waals surface area contributed by atoms with Crippen LogP contribution in [0.2, 0.25) is 5.02 Å². The van der Waals surface area contributed by atoms with Gasteiger partial charge >= 0.3 is 0 Å². The van der Waals surface area contributed by atoms with E-state index in [4.69, 9.17) is 23.8 Å². The van der Waals surface area contributed by atoms with Gasteiger partial charge in [-0.25, -0.2) is 0 Å². The predicted octanol–water partition coefficient (Wildman–Crippen LogP) is 4.96. The summed E-state index contributed by atoms with van der Waals surface area (Å²) in [5.74, 6) is -0.508. The van der Waals surface area contributed by atoms with E-state index in [-0.39, 0.29) is 23.0 Å². The van der Waals surface area contributed by atoms with E-state index in [9.17, 15) is 9.59 Å². The Kier molecular flexibility index (Phi) is 7.17. The van der Waals surface area contributed by atoms with Gasteiger partial charge in [0.2, 0.25) is 0 Å². The van der Waals surface area contributed by atoms with Gasteiger partial charge in [0.05, 0.1) is 6.04 Å². The first-order valence-corrected chi connectivity index (χ1v) is 10.0. The van der Waals surface area contributed by atoms with Gasteiger partial charge in [-0.2, -0.15) is 0 Å². The summed E-state index contributed by atoms with van der Waals surface area (Å²) in [6.07, 6.45) is 0. The van der Waals surface area contributed by atoms with E-state index >= 15 is 0 Å². The smallest absolute Gasteiger partial charge is 0.257 e. The second-order valence-corrected chi connectivity index (χ2v) is 7.44. The fraction of sp³-hybridized carbons (Fsp3) is 0.0870. The maximum absolute atomic E-state index is 12.5. The minimum absolute atomic E-state index is 0.104. The largest absolute Gasteiger partial charge is 0.346 e. The molecule has 0 heterocycles. The number of carbonyl (C=O) groups excluding carboxylic acids is 2. The van der Waals surface area contributed by atoms with Crippen LogP contribution in [0.25, 0.3) is 0 Å². The quantitative estimate of drug-likeness (QED) is 0.493. The molecule has 1 unspecified atom stereocenters. The third kappa shape index (κ3) is 5.89. The van der Waals surface area contributed by atoms with Crippen LogP contribution in [0.15, 0.2) is 78.9 Å². The average Bonchev–Trinajstić information content (AvgIpc) is 2.75. The summed E-state index contributed by atoms with van der Waals surface area (Å²) in [5, 5.41) is 9.21. The number of amides is 2. The SMILES string of the molecule is CC(NC(=O)c1ccc(NC(=S)NC(=O)c2ccc(Cl)cc2)cc1)c1ccccc1. The van der Waals surface area contributed by atoms with Crippen LogP contribution in [0.1, 0.15) is 39.2 Å². The first kappa shape index (κ1) is 21.5. The lowest BCUT2D eigenvalue weighted by Crippen LogP contribution is -2.34. The minimum atomic E-state index is -0.338. The summed E-state index contributed by atoms with van der Waals surface area (Å²) in [6.45, 7) is 1.94. The first-order chi connectivity index (χ1) is 14.4. The highest BCUT2D eigenvalue weighted by Crippen LogP contribution is 2.14. The van der Waals surface area contributed by atoms with Crippen LogP contribution < -0.4 is 16.0 Å². The van der Waals surface area contributed by atoms with Gasteiger partial charge in [-0.1, -0.05) is 41.9 Å². The van der Waals surface area contributed by atoms with Crippen LogP contribution in [-0.4, -0.2) is 16.9 Å². The van der Waals surface area contributed by atoms with Crippen molar-refractivity contribution in [2.24, 2.45) is 0 Å². The van der Waals surface area contributed by atoms with E-state index in [0.717, 1.165) is 5.56 Å². The van der Waals surface area contributed by atoms with E-state index < -0.39 is 0 Å². The van der Waals surface area contributed by atoms with Crippen molar-refractivity contribution in [2.75, 3.05) is 5.32 Å². The number of hydrogen-bond acceptors (Lipinski definition) is 3. The molecule has 2 amide bonds. The summed E-state index contributed by atoms with van der Waals surface area (Å²) < 4.78 is 0. The molecular weight excluding hydrogens is 418 g/mol. The summed E-state index contributed by atoms with van der Waals surface area (Å²) in [6, 6.07) is 23.0. The predicted molar refractivity (Wildman–Crippen MR) is 124 cm³/mol. The zero-order chi connectivity index (χ0) is 21.5. The van der Waals surface area contributed by atoms with Crippen LogP contribution in [-0.2, 0) is 0 Å². The third-order valence-corrected chi connectivity index (χ3v) is 4.84. The highest BCUT2D eigenvalue weighted by Gasteiger charge is 2.12. The minimum Gasteiger partial charge on any atom is -0.346 e. The molecule has 0 aliphatic rings. The Morgan fingerprint density at radius 3 is 2.03 bits per heavy atom. The molecule has 0 bridgehead atoms. The summed E-state index contributed by atoms with van der Waals surface area (Å²) in [7, 11) is 0. The number of halogens is 1. The molecule has 0 aromatic heterocycles. The van der Waals surface area contributed by atoms with Crippen molar-refractivity contribution < 1.29 is 9.59 Å². The van der Waals surface area contributed by atoms with Crippen LogP contribution in [0.4, 0.5) is 5.69 Å². The van der Waals surface area contributed by atoms with Crippen LogP contribution in [0.3, 0.4) is 0 Å². The molecule has 0 saturated heterocycles. The van der Waals surface area contributed by atoms with Crippen molar-refractivity contribution in [1.82, 2.24) is 10.6 Å². The molecule has 30 heavy (non-hydrogen) atoms. The van der Waals surface area contributed by atoms with Gasteiger partial charge in [-0.3, -0.25) is 14.9 Å². The van der Waals surface area contributed by atoms with Gasteiger partial charge in [0, 0.05) is 21.8 Å². The van der Waals surface area contributed by atoms with Crippen molar-refractivity contribution in [3.8, 4) is 0 Å². The van der Waals surface area contributed by atoms with Gasteiger partial charge < -0.3 is 10.6 Å². The first-order valence-electron chi connectivity index (χ1n) is 9.26. The van der Waals surface area contributed by atoms with Crippen molar-refractivity contribution in [2.45, 2.75) is 13.0 Å². The molecule has 3 aromatic rings. The van der Waals surface area contributed by atoms with Crippen molar-refractivity contribution in [3.05, 3.63) is 101 Å². The Labute approximate surface area is 185 Å². The molecule has 5 nitrogen and oxygen atoms in total. The molecular formula is C23H20ClN3O2S. The number of carbonyl (C=O) groups is 2. The highest BCUT2D eigenvalue weighted by molar-refractivity contribution is 7.80. The molecule has 0 saturated carbocycles. The maximum atomic E-state index is 12.5. The number of benzene rings is 3. The fourth-order valence-electron chi connectivity index (χ4n) is 2.75. The number of hydrogen-bond donors (Lipinski definition) is 3. The Morgan fingerprint density at radius 2 is 1.40 bits per heavy atom. The van der Waals surface area contributed by atoms with Gasteiger partial charge in [0.1, 0.15) is 0 Å². The molecule has 7 heteroatoms. The molecule has 0 fully saturated rings. The summed E-state index contributed by atoms with van der Waals surface area (Å²) in [4.78, 5) is 24.6.